The van der Waals surface area contributed by atoms with Gasteiger partial charge in [-0.3, -0.25) is 4.21 Å². The van der Waals surface area contributed by atoms with Gasteiger partial charge in [0.1, 0.15) is 5.75 Å². The first-order chi connectivity index (χ1) is 7.63. The number of alkyl halides is 5. The fourth-order valence-electron chi connectivity index (χ4n) is 0.847. The van der Waals surface area contributed by atoms with Gasteiger partial charge in [-0.05, 0) is 29.3 Å². The van der Waals surface area contributed by atoms with Gasteiger partial charge in [0.05, 0.1) is 0 Å². The molecule has 1 aromatic carbocycles. The molecule has 1 aromatic rings. The van der Waals surface area contributed by atoms with Gasteiger partial charge in [0.2, 0.25) is 0 Å². The molecule has 0 aromatic heterocycles. The molecule has 1 atom stereocenters. The zero-order chi connectivity index (χ0) is 13.3. The van der Waals surface area contributed by atoms with Crippen LogP contribution in [0.5, 0.6) is 5.75 Å². The van der Waals surface area contributed by atoms with Gasteiger partial charge in [-0.25, -0.2) is 0 Å². The van der Waals surface area contributed by atoms with Gasteiger partial charge in [-0.1, -0.05) is 6.07 Å². The lowest BCUT2D eigenvalue weighted by molar-refractivity contribution is -0.360. The number of halogens is 5. The Balaban J connectivity index is 2.96. The molecule has 17 heavy (non-hydrogen) atoms. The van der Waals surface area contributed by atoms with Gasteiger partial charge in [-0.15, -0.1) is 0 Å². The number of benzene rings is 1. The Labute approximate surface area is 94.5 Å². The Morgan fingerprint density at radius 2 is 1.76 bits per heavy atom. The minimum absolute atomic E-state index is 0.458. The van der Waals surface area contributed by atoms with Crippen molar-refractivity contribution in [2.24, 2.45) is 0 Å². The van der Waals surface area contributed by atoms with E-state index in [1.807, 2.05) is 0 Å². The van der Waals surface area contributed by atoms with Crippen LogP contribution < -0.4 is 4.74 Å². The molecule has 0 aliphatic rings. The van der Waals surface area contributed by atoms with Crippen LogP contribution in [0.3, 0.4) is 0 Å². The zero-order valence-electron chi connectivity index (χ0n) is 7.83. The van der Waals surface area contributed by atoms with E-state index in [0.717, 1.165) is 18.2 Å². The molecule has 1 unspecified atom stereocenters. The predicted octanol–water partition coefficient (Wildman–Crippen LogP) is 2.46. The third-order valence-corrected chi connectivity index (χ3v) is 2.21. The molecule has 0 saturated carbocycles. The SMILES string of the molecule is O=S([O-])c1cccc(OC(F)(F)C(F)(F)F)c1. The van der Waals surface area contributed by atoms with Crippen molar-refractivity contribution in [3.8, 4) is 5.75 Å². The van der Waals surface area contributed by atoms with Crippen LogP contribution in [0.15, 0.2) is 29.2 Å². The van der Waals surface area contributed by atoms with Crippen molar-refractivity contribution in [2.45, 2.75) is 17.2 Å². The molecule has 0 N–H and O–H groups in total. The van der Waals surface area contributed by atoms with Gasteiger partial charge in [0, 0.05) is 4.90 Å². The molecule has 0 aliphatic carbocycles. The topological polar surface area (TPSA) is 49.4 Å². The van der Waals surface area contributed by atoms with E-state index in [-0.39, 0.29) is 0 Å². The van der Waals surface area contributed by atoms with E-state index in [0.29, 0.717) is 6.07 Å². The largest absolute Gasteiger partial charge is 0.768 e. The first-order valence-electron chi connectivity index (χ1n) is 3.96. The van der Waals surface area contributed by atoms with E-state index in [4.69, 9.17) is 0 Å². The quantitative estimate of drug-likeness (QED) is 0.629. The van der Waals surface area contributed by atoms with E-state index >= 15 is 0 Å². The summed E-state index contributed by atoms with van der Waals surface area (Å²) in [6, 6.07) is 3.34. The average molecular weight is 275 g/mol. The maximum Gasteiger partial charge on any atom is 0.499 e. The summed E-state index contributed by atoms with van der Waals surface area (Å²) in [4.78, 5) is -0.458. The Morgan fingerprint density at radius 3 is 2.24 bits per heavy atom. The standard InChI is InChI=1S/C8H5F5O3S/c9-7(10,11)8(12,13)16-5-2-1-3-6(4-5)17(14)15/h1-4H,(H,14,15)/p-1. The lowest BCUT2D eigenvalue weighted by atomic mass is 10.3. The molecular formula is C8H4F5O3S-. The second-order valence-electron chi connectivity index (χ2n) is 2.83. The van der Waals surface area contributed by atoms with Crippen molar-refractivity contribution in [2.75, 3.05) is 0 Å². The van der Waals surface area contributed by atoms with Crippen molar-refractivity contribution in [1.29, 1.82) is 0 Å². The molecule has 0 aliphatic heterocycles. The molecule has 0 saturated heterocycles. The summed E-state index contributed by atoms with van der Waals surface area (Å²) in [6.45, 7) is 0. The lowest BCUT2D eigenvalue weighted by Crippen LogP contribution is -2.41. The second kappa shape index (κ2) is 4.57. The summed E-state index contributed by atoms with van der Waals surface area (Å²) in [6.07, 6.45) is -11.3. The Morgan fingerprint density at radius 1 is 1.18 bits per heavy atom. The van der Waals surface area contributed by atoms with Gasteiger partial charge >= 0.3 is 12.3 Å². The Kier molecular flexibility index (Phi) is 3.72. The minimum Gasteiger partial charge on any atom is -0.768 e. The maximum absolute atomic E-state index is 12.4. The highest BCUT2D eigenvalue weighted by molar-refractivity contribution is 7.79. The molecule has 0 bridgehead atoms. The van der Waals surface area contributed by atoms with E-state index in [9.17, 15) is 30.7 Å². The summed E-state index contributed by atoms with van der Waals surface area (Å²) in [5.41, 5.74) is 0. The van der Waals surface area contributed by atoms with Crippen molar-refractivity contribution < 1.29 is 35.5 Å². The van der Waals surface area contributed by atoms with Crippen LogP contribution in [0.25, 0.3) is 0 Å². The van der Waals surface area contributed by atoms with Crippen LogP contribution in [0.4, 0.5) is 22.0 Å². The van der Waals surface area contributed by atoms with Gasteiger partial charge in [0.15, 0.2) is 0 Å². The maximum atomic E-state index is 12.4. The molecule has 0 fully saturated rings. The number of hydrogen-bond acceptors (Lipinski definition) is 3. The van der Waals surface area contributed by atoms with Gasteiger partial charge < -0.3 is 9.29 Å². The Hall–Kier alpha value is -1.22. The minimum atomic E-state index is -5.88. The van der Waals surface area contributed by atoms with Crippen LogP contribution in [-0.4, -0.2) is 21.0 Å². The lowest BCUT2D eigenvalue weighted by Gasteiger charge is -2.20. The number of hydrogen-bond donors (Lipinski definition) is 0. The van der Waals surface area contributed by atoms with E-state index in [1.165, 1.54) is 0 Å². The summed E-state index contributed by atoms with van der Waals surface area (Å²) < 4.78 is 84.6. The molecule has 96 valence electrons. The van der Waals surface area contributed by atoms with E-state index in [2.05, 4.69) is 4.74 Å². The normalized spacial score (nSPS) is 14.5. The van der Waals surface area contributed by atoms with Gasteiger partial charge in [-0.2, -0.15) is 22.0 Å². The second-order valence-corrected chi connectivity index (χ2v) is 3.77. The summed E-state index contributed by atoms with van der Waals surface area (Å²) in [5, 5.41) is 0. The zero-order valence-corrected chi connectivity index (χ0v) is 8.65. The Bertz CT molecular complexity index is 431. The molecule has 0 heterocycles. The van der Waals surface area contributed by atoms with E-state index < -0.39 is 34.0 Å². The van der Waals surface area contributed by atoms with Gasteiger partial charge in [0.25, 0.3) is 0 Å². The van der Waals surface area contributed by atoms with Crippen LogP contribution in [-0.2, 0) is 11.1 Å². The number of ether oxygens (including phenoxy) is 1. The van der Waals surface area contributed by atoms with Crippen molar-refractivity contribution in [3.63, 3.8) is 0 Å². The van der Waals surface area contributed by atoms with Crippen LogP contribution in [0.1, 0.15) is 0 Å². The van der Waals surface area contributed by atoms with E-state index in [1.54, 1.807) is 0 Å². The number of rotatable bonds is 3. The molecule has 0 radical (unpaired) electrons. The third kappa shape index (κ3) is 3.37. The average Bonchev–Trinajstić information content (AvgIpc) is 2.15. The molecule has 0 spiro atoms. The predicted molar refractivity (Wildman–Crippen MR) is 45.3 cm³/mol. The third-order valence-electron chi connectivity index (χ3n) is 1.57. The molecule has 0 amide bonds. The highest BCUT2D eigenvalue weighted by Gasteiger charge is 2.61. The molecule has 9 heteroatoms. The fourth-order valence-corrected chi connectivity index (χ4v) is 1.25. The van der Waals surface area contributed by atoms with Crippen LogP contribution >= 0.6 is 0 Å². The molecule has 1 rings (SSSR count). The first-order valence-corrected chi connectivity index (χ1v) is 5.04. The first kappa shape index (κ1) is 13.8. The highest BCUT2D eigenvalue weighted by atomic mass is 32.2. The highest BCUT2D eigenvalue weighted by Crippen LogP contribution is 2.37. The smallest absolute Gasteiger partial charge is 0.499 e. The molecule has 3 nitrogen and oxygen atoms in total. The molecular weight excluding hydrogens is 271 g/mol. The summed E-state index contributed by atoms with van der Waals surface area (Å²) in [7, 11) is 0. The van der Waals surface area contributed by atoms with Crippen LogP contribution in [0, 0.1) is 0 Å². The van der Waals surface area contributed by atoms with Crippen molar-refractivity contribution in [1.82, 2.24) is 0 Å². The fraction of sp³-hybridized carbons (Fsp3) is 0.250. The summed E-state index contributed by atoms with van der Waals surface area (Å²) in [5.74, 6) is -0.894. The summed E-state index contributed by atoms with van der Waals surface area (Å²) >= 11 is -2.74. The van der Waals surface area contributed by atoms with Crippen molar-refractivity contribution in [3.05, 3.63) is 24.3 Å². The van der Waals surface area contributed by atoms with Crippen molar-refractivity contribution >= 4 is 11.1 Å². The monoisotopic (exact) mass is 275 g/mol. The van der Waals surface area contributed by atoms with Crippen LogP contribution in [0.2, 0.25) is 0 Å².